The Balaban J connectivity index is 2.54. The minimum absolute atomic E-state index is 0.00407. The number of rotatable bonds is 1. The number of hydrogen-bond donors (Lipinski definition) is 0. The molecule has 0 aromatic heterocycles. The Morgan fingerprint density at radius 2 is 1.93 bits per heavy atom. The van der Waals surface area contributed by atoms with Gasteiger partial charge in [0.15, 0.2) is 0 Å². The normalized spacial score (nSPS) is 16.6. The summed E-state index contributed by atoms with van der Waals surface area (Å²) in [7, 11) is 0. The fraction of sp³-hybridized carbons (Fsp3) is 0. The Morgan fingerprint density at radius 3 is 2.57 bits per heavy atom. The maximum atomic E-state index is 11.2. The van der Waals surface area contributed by atoms with Gasteiger partial charge in [0.1, 0.15) is 0 Å². The summed E-state index contributed by atoms with van der Waals surface area (Å²) >= 11 is 0. The molecule has 0 saturated heterocycles. The van der Waals surface area contributed by atoms with Gasteiger partial charge in [0.05, 0.1) is 10.5 Å². The van der Waals surface area contributed by atoms with E-state index >= 15 is 0 Å². The van der Waals surface area contributed by atoms with Crippen molar-refractivity contribution in [3.63, 3.8) is 0 Å². The first-order chi connectivity index (χ1) is 6.68. The third-order valence-electron chi connectivity index (χ3n) is 1.84. The summed E-state index contributed by atoms with van der Waals surface area (Å²) in [5.74, 6) is -0.552. The molecule has 0 radical (unpaired) electrons. The van der Waals surface area contributed by atoms with E-state index in [-0.39, 0.29) is 5.76 Å². The van der Waals surface area contributed by atoms with Gasteiger partial charge in [0.25, 0.3) is 6.20 Å². The first-order valence-corrected chi connectivity index (χ1v) is 3.85. The zero-order valence-corrected chi connectivity index (χ0v) is 6.97. The molecule has 1 aromatic carbocycles. The highest BCUT2D eigenvalue weighted by Crippen LogP contribution is 2.28. The summed E-state index contributed by atoms with van der Waals surface area (Å²) in [5, 5.41) is 10.2. The molecule has 2 rings (SSSR count). The van der Waals surface area contributed by atoms with E-state index in [1.54, 1.807) is 24.3 Å². The van der Waals surface area contributed by atoms with Crippen molar-refractivity contribution >= 4 is 11.7 Å². The third-order valence-corrected chi connectivity index (χ3v) is 1.84. The van der Waals surface area contributed by atoms with E-state index < -0.39 is 10.9 Å². The monoisotopic (exact) mass is 191 g/mol. The molecule has 0 amide bonds. The molecule has 0 bridgehead atoms. The van der Waals surface area contributed by atoms with Gasteiger partial charge < -0.3 is 4.74 Å². The maximum Gasteiger partial charge on any atom is 0.344 e. The summed E-state index contributed by atoms with van der Waals surface area (Å²) in [6.07, 6.45) is 0.684. The summed E-state index contributed by atoms with van der Waals surface area (Å²) in [6, 6.07) is 6.54. The number of benzene rings is 1. The molecular formula is C9H5NO4. The van der Waals surface area contributed by atoms with Crippen LogP contribution < -0.4 is 0 Å². The van der Waals surface area contributed by atoms with E-state index in [9.17, 15) is 14.9 Å². The molecule has 0 atom stereocenters. The van der Waals surface area contributed by atoms with Gasteiger partial charge in [-0.3, -0.25) is 10.1 Å². The minimum atomic E-state index is -0.648. The molecule has 14 heavy (non-hydrogen) atoms. The van der Waals surface area contributed by atoms with Gasteiger partial charge in [-0.05, 0) is 6.07 Å². The van der Waals surface area contributed by atoms with Gasteiger partial charge in [0, 0.05) is 5.56 Å². The molecule has 5 nitrogen and oxygen atoms in total. The number of nitrogens with zero attached hydrogens (tertiary/aromatic N) is 1. The summed E-state index contributed by atoms with van der Waals surface area (Å²) in [4.78, 5) is 20.7. The highest BCUT2D eigenvalue weighted by molar-refractivity contribution is 6.02. The molecule has 70 valence electrons. The predicted octanol–water partition coefficient (Wildman–Crippen LogP) is 1.43. The molecule has 0 aliphatic carbocycles. The highest BCUT2D eigenvalue weighted by Gasteiger charge is 2.27. The van der Waals surface area contributed by atoms with Crippen LogP contribution in [0.15, 0.2) is 30.5 Å². The molecule has 0 saturated carbocycles. The van der Waals surface area contributed by atoms with Crippen LogP contribution >= 0.6 is 0 Å². The van der Waals surface area contributed by atoms with Gasteiger partial charge in [0.2, 0.25) is 5.76 Å². The number of carbonyl (C=O) groups is 1. The second-order valence-electron chi connectivity index (χ2n) is 2.71. The van der Waals surface area contributed by atoms with Gasteiger partial charge in [-0.2, -0.15) is 0 Å². The number of ether oxygens (including phenoxy) is 1. The van der Waals surface area contributed by atoms with Crippen molar-refractivity contribution in [2.45, 2.75) is 0 Å². The SMILES string of the molecule is O=C1OC(=C[N+](=O)[O-])c2ccccc21. The molecule has 1 aliphatic heterocycles. The van der Waals surface area contributed by atoms with Crippen LogP contribution in [0.4, 0.5) is 0 Å². The number of nitro groups is 1. The maximum absolute atomic E-state index is 11.2. The lowest BCUT2D eigenvalue weighted by Gasteiger charge is -1.91. The Hall–Kier alpha value is -2.17. The zero-order chi connectivity index (χ0) is 10.1. The molecule has 0 N–H and O–H groups in total. The van der Waals surface area contributed by atoms with Gasteiger partial charge >= 0.3 is 5.97 Å². The standard InChI is InChI=1S/C9H5NO4/c11-9-7-4-2-1-3-6(7)8(14-9)5-10(12)13/h1-5H. The molecule has 1 aliphatic rings. The van der Waals surface area contributed by atoms with Crippen molar-refractivity contribution < 1.29 is 14.5 Å². The van der Waals surface area contributed by atoms with Crippen LogP contribution in [-0.4, -0.2) is 10.9 Å². The largest absolute Gasteiger partial charge is 0.416 e. The molecule has 0 spiro atoms. The van der Waals surface area contributed by atoms with Crippen molar-refractivity contribution in [1.82, 2.24) is 0 Å². The topological polar surface area (TPSA) is 69.4 Å². The molecule has 5 heteroatoms. The van der Waals surface area contributed by atoms with Gasteiger partial charge in [-0.15, -0.1) is 0 Å². The Labute approximate surface area is 78.8 Å². The third kappa shape index (κ3) is 1.24. The second kappa shape index (κ2) is 2.95. The lowest BCUT2D eigenvalue weighted by Crippen LogP contribution is -1.93. The van der Waals surface area contributed by atoms with Crippen molar-refractivity contribution in [3.8, 4) is 0 Å². The van der Waals surface area contributed by atoms with Crippen LogP contribution in [0.2, 0.25) is 0 Å². The van der Waals surface area contributed by atoms with E-state index in [4.69, 9.17) is 4.74 Å². The van der Waals surface area contributed by atoms with Crippen LogP contribution in [0.25, 0.3) is 5.76 Å². The van der Waals surface area contributed by atoms with E-state index in [1.807, 2.05) is 0 Å². The lowest BCUT2D eigenvalue weighted by molar-refractivity contribution is -0.402. The van der Waals surface area contributed by atoms with E-state index in [1.165, 1.54) is 0 Å². The van der Waals surface area contributed by atoms with Gasteiger partial charge in [-0.1, -0.05) is 18.2 Å². The highest BCUT2D eigenvalue weighted by atomic mass is 16.6. The van der Waals surface area contributed by atoms with E-state index in [0.29, 0.717) is 17.3 Å². The smallest absolute Gasteiger partial charge is 0.344 e. The predicted molar refractivity (Wildman–Crippen MR) is 46.8 cm³/mol. The van der Waals surface area contributed by atoms with Crippen LogP contribution in [0.1, 0.15) is 15.9 Å². The first-order valence-electron chi connectivity index (χ1n) is 3.85. The molecule has 0 fully saturated rings. The first kappa shape index (κ1) is 8.43. The Bertz CT molecular complexity index is 450. The van der Waals surface area contributed by atoms with E-state index in [2.05, 4.69) is 0 Å². The lowest BCUT2D eigenvalue weighted by atomic mass is 10.1. The summed E-state index contributed by atoms with van der Waals surface area (Å²) < 4.78 is 4.72. The average molecular weight is 191 g/mol. The van der Waals surface area contributed by atoms with Crippen molar-refractivity contribution in [1.29, 1.82) is 0 Å². The quantitative estimate of drug-likeness (QED) is 0.382. The van der Waals surface area contributed by atoms with E-state index in [0.717, 1.165) is 0 Å². The number of fused-ring (bicyclic) bond motifs is 1. The molecule has 0 unspecified atom stereocenters. The summed E-state index contributed by atoms with van der Waals surface area (Å²) in [5.41, 5.74) is 0.829. The molecule has 1 heterocycles. The summed E-state index contributed by atoms with van der Waals surface area (Å²) in [6.45, 7) is 0. The van der Waals surface area contributed by atoms with Crippen LogP contribution in [-0.2, 0) is 4.74 Å². The van der Waals surface area contributed by atoms with Crippen LogP contribution in [0.3, 0.4) is 0 Å². The minimum Gasteiger partial charge on any atom is -0.416 e. The zero-order valence-electron chi connectivity index (χ0n) is 6.97. The fourth-order valence-electron chi connectivity index (χ4n) is 1.28. The molecule has 1 aromatic rings. The number of esters is 1. The second-order valence-corrected chi connectivity index (χ2v) is 2.71. The van der Waals surface area contributed by atoms with Crippen molar-refractivity contribution in [2.24, 2.45) is 0 Å². The fourth-order valence-corrected chi connectivity index (χ4v) is 1.28. The van der Waals surface area contributed by atoms with Crippen molar-refractivity contribution in [3.05, 3.63) is 51.7 Å². The van der Waals surface area contributed by atoms with Crippen LogP contribution in [0, 0.1) is 10.1 Å². The number of carbonyl (C=O) groups excluding carboxylic acids is 1. The van der Waals surface area contributed by atoms with Gasteiger partial charge in [-0.25, -0.2) is 4.79 Å². The van der Waals surface area contributed by atoms with Crippen LogP contribution in [0.5, 0.6) is 0 Å². The van der Waals surface area contributed by atoms with Crippen molar-refractivity contribution in [2.75, 3.05) is 0 Å². The Morgan fingerprint density at radius 1 is 1.29 bits per heavy atom. The average Bonchev–Trinajstić information content (AvgIpc) is 2.44. The Kier molecular flexibility index (Phi) is 1.78. The number of hydrogen-bond acceptors (Lipinski definition) is 4. The molecular weight excluding hydrogens is 186 g/mol. The number of cyclic esters (lactones) is 1.